The van der Waals surface area contributed by atoms with E-state index in [4.69, 9.17) is 19.7 Å². The van der Waals surface area contributed by atoms with Crippen LogP contribution in [0.1, 0.15) is 57.7 Å². The largest absolute Gasteiger partial charge is 0.374 e. The van der Waals surface area contributed by atoms with Gasteiger partial charge in [0.05, 0.1) is 23.9 Å². The highest BCUT2D eigenvalue weighted by Gasteiger charge is 2.55. The molecule has 8 heteroatoms. The van der Waals surface area contributed by atoms with E-state index in [2.05, 4.69) is 83.7 Å². The number of ether oxygens (including phenoxy) is 1. The molecule has 3 aliphatic rings. The van der Waals surface area contributed by atoms with Gasteiger partial charge in [-0.1, -0.05) is 13.0 Å². The van der Waals surface area contributed by atoms with Crippen molar-refractivity contribution in [2.24, 2.45) is 0 Å². The molecule has 6 rings (SSSR count). The van der Waals surface area contributed by atoms with E-state index in [1.54, 1.807) is 0 Å². The Balaban J connectivity index is 1.33. The Bertz CT molecular complexity index is 1290. The molecule has 2 atom stereocenters. The van der Waals surface area contributed by atoms with Gasteiger partial charge in [0.2, 0.25) is 5.95 Å². The minimum atomic E-state index is -0.225. The number of aromatic nitrogens is 3. The molecule has 5 heterocycles. The summed E-state index contributed by atoms with van der Waals surface area (Å²) in [5.74, 6) is 2.42. The summed E-state index contributed by atoms with van der Waals surface area (Å²) in [7, 11) is 1.95. The average Bonchev–Trinajstić information content (AvgIpc) is 3.17. The van der Waals surface area contributed by atoms with Gasteiger partial charge < -0.3 is 25.2 Å². The van der Waals surface area contributed by atoms with Crippen LogP contribution in [0.5, 0.6) is 0 Å². The second-order valence-electron chi connectivity index (χ2n) is 11.7. The van der Waals surface area contributed by atoms with Crippen LogP contribution in [0.2, 0.25) is 0 Å². The van der Waals surface area contributed by atoms with Gasteiger partial charge in [0.1, 0.15) is 11.6 Å². The van der Waals surface area contributed by atoms with Gasteiger partial charge in [-0.05, 0) is 83.0 Å². The molecule has 0 spiro atoms. The van der Waals surface area contributed by atoms with E-state index in [0.717, 1.165) is 54.6 Å². The summed E-state index contributed by atoms with van der Waals surface area (Å²) < 4.78 is 6.34. The summed E-state index contributed by atoms with van der Waals surface area (Å²) in [5, 5.41) is 6.67. The molecule has 0 amide bonds. The quantitative estimate of drug-likeness (QED) is 0.460. The lowest BCUT2D eigenvalue weighted by atomic mass is 9.73. The van der Waals surface area contributed by atoms with Gasteiger partial charge in [-0.25, -0.2) is 9.97 Å². The third kappa shape index (κ3) is 4.60. The maximum absolute atomic E-state index is 6.34. The predicted octanol–water partition coefficient (Wildman–Crippen LogP) is 5.30. The van der Waals surface area contributed by atoms with E-state index < -0.39 is 0 Å². The monoisotopic (exact) mass is 513 g/mol. The second-order valence-corrected chi connectivity index (χ2v) is 11.7. The number of hydrogen-bond acceptors (Lipinski definition) is 8. The molecule has 8 nitrogen and oxygen atoms in total. The molecule has 0 unspecified atom stereocenters. The molecule has 0 aliphatic carbocycles. The first-order chi connectivity index (χ1) is 18.4. The van der Waals surface area contributed by atoms with Crippen molar-refractivity contribution in [1.29, 1.82) is 0 Å². The van der Waals surface area contributed by atoms with Crippen LogP contribution in [0.15, 0.2) is 48.7 Å². The Morgan fingerprint density at radius 1 is 1.00 bits per heavy atom. The summed E-state index contributed by atoms with van der Waals surface area (Å²) in [5.41, 5.74) is 3.94. The van der Waals surface area contributed by atoms with Crippen molar-refractivity contribution < 1.29 is 4.74 Å². The van der Waals surface area contributed by atoms with Crippen molar-refractivity contribution in [3.05, 3.63) is 59.9 Å². The molecule has 3 aliphatic heterocycles. The zero-order valence-corrected chi connectivity index (χ0v) is 23.0. The number of nitrogens with zero attached hydrogens (tertiary/aromatic N) is 5. The first kappa shape index (κ1) is 25.1. The molecule has 3 aromatic rings. The van der Waals surface area contributed by atoms with Gasteiger partial charge in [0.25, 0.3) is 0 Å². The normalized spacial score (nSPS) is 24.2. The summed E-state index contributed by atoms with van der Waals surface area (Å²) in [6.45, 7) is 10.2. The SMILES string of the molecule is CNCc1cccc(N2c3nc(Nc4ccc(N5CCCCC5)cc4)ncc3[C@]3(C)COC(C)(C)C[C@H]23)n1. The zero-order valence-electron chi connectivity index (χ0n) is 23.0. The lowest BCUT2D eigenvalue weighted by molar-refractivity contribution is -0.0893. The topological polar surface area (TPSA) is 78.4 Å². The molecular formula is C30H39N7O. The smallest absolute Gasteiger partial charge is 0.229 e. The Hall–Kier alpha value is -3.23. The number of pyridine rings is 1. The molecule has 1 aromatic carbocycles. The van der Waals surface area contributed by atoms with Crippen LogP contribution in [-0.4, -0.2) is 53.3 Å². The van der Waals surface area contributed by atoms with Gasteiger partial charge in [0.15, 0.2) is 0 Å². The number of fused-ring (bicyclic) bond motifs is 3. The van der Waals surface area contributed by atoms with E-state index in [1.165, 1.54) is 24.9 Å². The van der Waals surface area contributed by atoms with Crippen LogP contribution >= 0.6 is 0 Å². The van der Waals surface area contributed by atoms with E-state index in [9.17, 15) is 0 Å². The van der Waals surface area contributed by atoms with E-state index in [1.807, 2.05) is 13.2 Å². The fourth-order valence-corrected chi connectivity index (χ4v) is 6.18. The first-order valence-corrected chi connectivity index (χ1v) is 13.9. The van der Waals surface area contributed by atoms with E-state index in [0.29, 0.717) is 12.6 Å². The number of piperidine rings is 1. The third-order valence-corrected chi connectivity index (χ3v) is 8.35. The molecule has 38 heavy (non-hydrogen) atoms. The number of nitrogens with one attached hydrogen (secondary N) is 2. The van der Waals surface area contributed by atoms with Crippen molar-refractivity contribution in [1.82, 2.24) is 20.3 Å². The molecule has 0 saturated carbocycles. The standard InChI is InChI=1S/C30H39N7O/c1-29(2)17-25-30(3,20-38-29)24-19-32-28(34-21-11-13-23(14-12-21)36-15-6-5-7-16-36)35-27(24)37(25)26-10-8-9-22(33-26)18-31-4/h8-14,19,25,31H,5-7,15-18,20H2,1-4H3,(H,32,34,35)/t25-,30-/m0/s1. The van der Waals surface area contributed by atoms with Crippen LogP contribution < -0.4 is 20.4 Å². The van der Waals surface area contributed by atoms with Crippen molar-refractivity contribution in [2.45, 2.75) is 70.1 Å². The van der Waals surface area contributed by atoms with Crippen LogP contribution in [0.25, 0.3) is 0 Å². The number of benzene rings is 1. The molecule has 0 bridgehead atoms. The maximum Gasteiger partial charge on any atom is 0.229 e. The number of hydrogen-bond donors (Lipinski definition) is 2. The molecule has 2 saturated heterocycles. The molecule has 200 valence electrons. The second kappa shape index (κ2) is 9.82. The minimum Gasteiger partial charge on any atom is -0.374 e. The van der Waals surface area contributed by atoms with E-state index >= 15 is 0 Å². The summed E-state index contributed by atoms with van der Waals surface area (Å²) in [6, 6.07) is 15.0. The zero-order chi connectivity index (χ0) is 26.3. The molecular weight excluding hydrogens is 474 g/mol. The van der Waals surface area contributed by atoms with Crippen molar-refractivity contribution in [2.75, 3.05) is 41.9 Å². The summed E-state index contributed by atoms with van der Waals surface area (Å²) in [4.78, 5) is 19.7. The fourth-order valence-electron chi connectivity index (χ4n) is 6.18. The predicted molar refractivity (Wildman–Crippen MR) is 153 cm³/mol. The Labute approximate surface area is 225 Å². The summed E-state index contributed by atoms with van der Waals surface area (Å²) in [6.07, 6.45) is 6.74. The van der Waals surface area contributed by atoms with Gasteiger partial charge in [-0.15, -0.1) is 0 Å². The minimum absolute atomic E-state index is 0.173. The third-order valence-electron chi connectivity index (χ3n) is 8.35. The molecule has 0 radical (unpaired) electrons. The highest BCUT2D eigenvalue weighted by atomic mass is 16.5. The van der Waals surface area contributed by atoms with Gasteiger partial charge in [-0.3, -0.25) is 0 Å². The van der Waals surface area contributed by atoms with Crippen molar-refractivity contribution in [3.63, 3.8) is 0 Å². The number of anilines is 5. The highest BCUT2D eigenvalue weighted by Crippen LogP contribution is 2.52. The van der Waals surface area contributed by atoms with E-state index in [-0.39, 0.29) is 17.1 Å². The van der Waals surface area contributed by atoms with Crippen molar-refractivity contribution in [3.8, 4) is 0 Å². The summed E-state index contributed by atoms with van der Waals surface area (Å²) >= 11 is 0. The van der Waals surface area contributed by atoms with Crippen LogP contribution in [0, 0.1) is 0 Å². The van der Waals surface area contributed by atoms with Crippen molar-refractivity contribution >= 4 is 29.0 Å². The molecule has 2 N–H and O–H groups in total. The Morgan fingerprint density at radius 2 is 1.79 bits per heavy atom. The fraction of sp³-hybridized carbons (Fsp3) is 0.500. The van der Waals surface area contributed by atoms with Crippen LogP contribution in [0.3, 0.4) is 0 Å². The van der Waals surface area contributed by atoms with Gasteiger partial charge in [0, 0.05) is 48.2 Å². The lowest BCUT2D eigenvalue weighted by Crippen LogP contribution is -2.54. The number of rotatable bonds is 6. The van der Waals surface area contributed by atoms with Gasteiger partial charge in [-0.2, -0.15) is 4.98 Å². The van der Waals surface area contributed by atoms with Gasteiger partial charge >= 0.3 is 0 Å². The lowest BCUT2D eigenvalue weighted by Gasteiger charge is -2.46. The highest BCUT2D eigenvalue weighted by molar-refractivity contribution is 5.71. The van der Waals surface area contributed by atoms with Crippen LogP contribution in [0.4, 0.5) is 29.0 Å². The average molecular weight is 514 g/mol. The maximum atomic E-state index is 6.34. The Kier molecular flexibility index (Phi) is 6.48. The molecule has 2 aromatic heterocycles. The Morgan fingerprint density at radius 3 is 2.55 bits per heavy atom. The first-order valence-electron chi connectivity index (χ1n) is 13.9. The van der Waals surface area contributed by atoms with Crippen LogP contribution in [-0.2, 0) is 16.7 Å². The molecule has 2 fully saturated rings.